The largest absolute Gasteiger partial charge is 0.333 e. The standard InChI is InChI=1S/C15H18N2O4/c1-10(9-16(2)3)8-13(18)21-17-14(19)11-6-4-5-7-12(11)15(17)20/h4-7,10H,8-9H2,1-3H3. The molecule has 1 aromatic carbocycles. The van der Waals surface area contributed by atoms with Gasteiger partial charge in [-0.15, -0.1) is 0 Å². The van der Waals surface area contributed by atoms with Crippen molar-refractivity contribution in [1.82, 2.24) is 9.96 Å². The third-order valence-electron chi connectivity index (χ3n) is 3.14. The van der Waals surface area contributed by atoms with Gasteiger partial charge in [0.05, 0.1) is 17.5 Å². The first-order valence-electron chi connectivity index (χ1n) is 6.73. The van der Waals surface area contributed by atoms with Crippen LogP contribution in [0.5, 0.6) is 0 Å². The van der Waals surface area contributed by atoms with Crippen LogP contribution in [0.3, 0.4) is 0 Å². The Labute approximate surface area is 123 Å². The summed E-state index contributed by atoms with van der Waals surface area (Å²) in [4.78, 5) is 42.8. The third-order valence-corrected chi connectivity index (χ3v) is 3.14. The van der Waals surface area contributed by atoms with Crippen molar-refractivity contribution in [2.45, 2.75) is 13.3 Å². The van der Waals surface area contributed by atoms with E-state index in [2.05, 4.69) is 0 Å². The number of carbonyl (C=O) groups excluding carboxylic acids is 3. The van der Waals surface area contributed by atoms with Gasteiger partial charge in [0, 0.05) is 6.54 Å². The zero-order valence-corrected chi connectivity index (χ0v) is 12.3. The topological polar surface area (TPSA) is 66.9 Å². The number of hydrogen-bond donors (Lipinski definition) is 0. The Kier molecular flexibility index (Phi) is 4.37. The molecule has 0 aromatic heterocycles. The van der Waals surface area contributed by atoms with E-state index in [0.29, 0.717) is 5.06 Å². The van der Waals surface area contributed by atoms with Crippen molar-refractivity contribution in [2.24, 2.45) is 5.92 Å². The average molecular weight is 290 g/mol. The van der Waals surface area contributed by atoms with Crippen LogP contribution in [0.4, 0.5) is 0 Å². The summed E-state index contributed by atoms with van der Waals surface area (Å²) in [5.74, 6) is -1.70. The minimum Gasteiger partial charge on any atom is -0.330 e. The Morgan fingerprint density at radius 2 is 1.71 bits per heavy atom. The summed E-state index contributed by atoms with van der Waals surface area (Å²) in [6.45, 7) is 2.63. The molecule has 1 atom stereocenters. The third kappa shape index (κ3) is 3.28. The predicted molar refractivity (Wildman–Crippen MR) is 75.4 cm³/mol. The first kappa shape index (κ1) is 15.2. The van der Waals surface area contributed by atoms with Gasteiger partial charge in [-0.05, 0) is 32.1 Å². The SMILES string of the molecule is CC(CC(=O)ON1C(=O)c2ccccc2C1=O)CN(C)C. The van der Waals surface area contributed by atoms with Gasteiger partial charge in [-0.25, -0.2) is 4.79 Å². The van der Waals surface area contributed by atoms with Crippen molar-refractivity contribution < 1.29 is 19.2 Å². The van der Waals surface area contributed by atoms with Gasteiger partial charge in [0.1, 0.15) is 0 Å². The summed E-state index contributed by atoms with van der Waals surface area (Å²) >= 11 is 0. The van der Waals surface area contributed by atoms with Gasteiger partial charge in [-0.2, -0.15) is 0 Å². The van der Waals surface area contributed by atoms with E-state index in [1.54, 1.807) is 12.1 Å². The molecule has 1 aromatic rings. The predicted octanol–water partition coefficient (Wildman–Crippen LogP) is 1.33. The van der Waals surface area contributed by atoms with E-state index in [4.69, 9.17) is 4.84 Å². The highest BCUT2D eigenvalue weighted by Crippen LogP contribution is 2.23. The molecule has 1 aliphatic heterocycles. The maximum atomic E-state index is 12.0. The van der Waals surface area contributed by atoms with E-state index in [1.165, 1.54) is 12.1 Å². The van der Waals surface area contributed by atoms with E-state index in [1.807, 2.05) is 25.9 Å². The van der Waals surface area contributed by atoms with Crippen molar-refractivity contribution in [2.75, 3.05) is 20.6 Å². The van der Waals surface area contributed by atoms with Crippen LogP contribution in [0.15, 0.2) is 24.3 Å². The molecule has 6 heteroatoms. The summed E-state index contributed by atoms with van der Waals surface area (Å²) in [5, 5.41) is 0.551. The second-order valence-electron chi connectivity index (χ2n) is 5.49. The summed E-state index contributed by atoms with van der Waals surface area (Å²) in [5.41, 5.74) is 0.522. The lowest BCUT2D eigenvalue weighted by molar-refractivity contribution is -0.169. The van der Waals surface area contributed by atoms with Crippen molar-refractivity contribution >= 4 is 17.8 Å². The van der Waals surface area contributed by atoms with E-state index in [0.717, 1.165) is 6.54 Å². The normalized spacial score (nSPS) is 15.3. The summed E-state index contributed by atoms with van der Waals surface area (Å²) in [6, 6.07) is 6.40. The van der Waals surface area contributed by atoms with Crippen LogP contribution in [0.2, 0.25) is 0 Å². The Balaban J connectivity index is 2.00. The number of amides is 2. The Bertz CT molecular complexity index is 548. The maximum absolute atomic E-state index is 12.0. The van der Waals surface area contributed by atoms with Crippen molar-refractivity contribution in [1.29, 1.82) is 0 Å². The van der Waals surface area contributed by atoms with E-state index in [-0.39, 0.29) is 23.5 Å². The number of hydroxylamine groups is 2. The quantitative estimate of drug-likeness (QED) is 0.765. The number of benzene rings is 1. The van der Waals surface area contributed by atoms with Gasteiger partial charge >= 0.3 is 5.97 Å². The molecule has 0 saturated heterocycles. The average Bonchev–Trinajstić information content (AvgIpc) is 2.63. The van der Waals surface area contributed by atoms with E-state index >= 15 is 0 Å². The van der Waals surface area contributed by atoms with Crippen molar-refractivity contribution in [3.63, 3.8) is 0 Å². The molecule has 1 aliphatic rings. The second kappa shape index (κ2) is 6.05. The van der Waals surface area contributed by atoms with Crippen LogP contribution in [-0.2, 0) is 9.63 Å². The van der Waals surface area contributed by atoms with Crippen molar-refractivity contribution in [3.8, 4) is 0 Å². The number of imide groups is 1. The van der Waals surface area contributed by atoms with Gasteiger partial charge in [-0.3, -0.25) is 9.59 Å². The van der Waals surface area contributed by atoms with Gasteiger partial charge in [-0.1, -0.05) is 24.1 Å². The Hall–Kier alpha value is -2.21. The first-order valence-corrected chi connectivity index (χ1v) is 6.73. The zero-order chi connectivity index (χ0) is 15.6. The molecule has 0 bridgehead atoms. The van der Waals surface area contributed by atoms with Crippen LogP contribution in [-0.4, -0.2) is 48.4 Å². The van der Waals surface area contributed by atoms with Gasteiger partial charge in [0.2, 0.25) is 0 Å². The summed E-state index contributed by atoms with van der Waals surface area (Å²) < 4.78 is 0. The monoisotopic (exact) mass is 290 g/mol. The lowest BCUT2D eigenvalue weighted by Crippen LogP contribution is -2.33. The number of nitrogens with zero attached hydrogens (tertiary/aromatic N) is 2. The van der Waals surface area contributed by atoms with Crippen molar-refractivity contribution in [3.05, 3.63) is 35.4 Å². The maximum Gasteiger partial charge on any atom is 0.333 e. The number of carbonyl (C=O) groups is 3. The highest BCUT2D eigenvalue weighted by molar-refractivity contribution is 6.20. The van der Waals surface area contributed by atoms with Crippen LogP contribution in [0, 0.1) is 5.92 Å². The summed E-state index contributed by atoms with van der Waals surface area (Å²) in [6.07, 6.45) is 0.144. The molecule has 2 rings (SSSR count). The lowest BCUT2D eigenvalue weighted by Gasteiger charge is -2.17. The molecule has 0 spiro atoms. The Morgan fingerprint density at radius 3 is 2.19 bits per heavy atom. The number of rotatable bonds is 5. The smallest absolute Gasteiger partial charge is 0.330 e. The first-order chi connectivity index (χ1) is 9.90. The van der Waals surface area contributed by atoms with E-state index < -0.39 is 17.8 Å². The number of hydrogen-bond acceptors (Lipinski definition) is 5. The molecule has 1 unspecified atom stereocenters. The van der Waals surface area contributed by atoms with Crippen LogP contribution in [0.25, 0.3) is 0 Å². The molecule has 112 valence electrons. The molecule has 0 saturated carbocycles. The highest BCUT2D eigenvalue weighted by Gasteiger charge is 2.38. The van der Waals surface area contributed by atoms with Crippen LogP contribution in [0.1, 0.15) is 34.1 Å². The molecular weight excluding hydrogens is 272 g/mol. The minimum atomic E-state index is -0.593. The molecule has 21 heavy (non-hydrogen) atoms. The van der Waals surface area contributed by atoms with Crippen LogP contribution >= 0.6 is 0 Å². The Morgan fingerprint density at radius 1 is 1.19 bits per heavy atom. The minimum absolute atomic E-state index is 0.0719. The molecule has 6 nitrogen and oxygen atoms in total. The van der Waals surface area contributed by atoms with Crippen LogP contribution < -0.4 is 0 Å². The fourth-order valence-corrected chi connectivity index (χ4v) is 2.36. The van der Waals surface area contributed by atoms with Gasteiger partial charge in [0.25, 0.3) is 11.8 Å². The molecule has 0 N–H and O–H groups in total. The molecule has 1 heterocycles. The highest BCUT2D eigenvalue weighted by atomic mass is 16.7. The number of fused-ring (bicyclic) bond motifs is 1. The molecule has 2 amide bonds. The van der Waals surface area contributed by atoms with E-state index in [9.17, 15) is 14.4 Å². The fourth-order valence-electron chi connectivity index (χ4n) is 2.36. The molecule has 0 radical (unpaired) electrons. The van der Waals surface area contributed by atoms with Gasteiger partial charge in [0.15, 0.2) is 0 Å². The zero-order valence-electron chi connectivity index (χ0n) is 12.3. The molecule has 0 fully saturated rings. The summed E-state index contributed by atoms with van der Waals surface area (Å²) in [7, 11) is 3.82. The lowest BCUT2D eigenvalue weighted by atomic mass is 10.1. The van der Waals surface area contributed by atoms with Gasteiger partial charge < -0.3 is 9.74 Å². The molecular formula is C15H18N2O4. The second-order valence-corrected chi connectivity index (χ2v) is 5.49. The molecule has 0 aliphatic carbocycles. The fraction of sp³-hybridized carbons (Fsp3) is 0.400.